The van der Waals surface area contributed by atoms with E-state index in [0.29, 0.717) is 12.4 Å². The van der Waals surface area contributed by atoms with Gasteiger partial charge in [-0.3, -0.25) is 20.4 Å². The lowest BCUT2D eigenvalue weighted by Gasteiger charge is -2.17. The highest BCUT2D eigenvalue weighted by Gasteiger charge is 2.23. The maximum Gasteiger partial charge on any atom is 0.273 e. The number of ether oxygens (including phenoxy) is 1. The number of rotatable bonds is 7. The van der Waals surface area contributed by atoms with Crippen molar-refractivity contribution in [3.63, 3.8) is 0 Å². The third-order valence-electron chi connectivity index (χ3n) is 3.84. The molecule has 0 unspecified atom stereocenters. The molecule has 0 aliphatic heterocycles. The number of amides is 2. The maximum atomic E-state index is 12.5. The normalized spacial score (nSPS) is 11.1. The minimum atomic E-state index is -3.82. The second kappa shape index (κ2) is 9.34. The van der Waals surface area contributed by atoms with Crippen LogP contribution in [0.2, 0.25) is 0 Å². The summed E-state index contributed by atoms with van der Waals surface area (Å²) in [5, 5.41) is 0. The summed E-state index contributed by atoms with van der Waals surface area (Å²) in [6.45, 7) is 3.57. The second-order valence-electron chi connectivity index (χ2n) is 6.01. The van der Waals surface area contributed by atoms with Gasteiger partial charge in [-0.1, -0.05) is 29.8 Å². The summed E-state index contributed by atoms with van der Waals surface area (Å²) in [6.07, 6.45) is 0. The highest BCUT2D eigenvalue weighted by atomic mass is 32.2. The summed E-state index contributed by atoms with van der Waals surface area (Å²) in [7, 11) is -2.52. The number of carbonyl (C=O) groups is 2. The van der Waals surface area contributed by atoms with Gasteiger partial charge >= 0.3 is 0 Å². The van der Waals surface area contributed by atoms with E-state index >= 15 is 0 Å². The highest BCUT2D eigenvalue weighted by molar-refractivity contribution is 7.89. The first-order valence-electron chi connectivity index (χ1n) is 8.59. The van der Waals surface area contributed by atoms with Gasteiger partial charge in [0.2, 0.25) is 10.0 Å². The van der Waals surface area contributed by atoms with Crippen molar-refractivity contribution in [2.75, 3.05) is 20.2 Å². The molecule has 2 aromatic rings. The van der Waals surface area contributed by atoms with Crippen molar-refractivity contribution < 1.29 is 22.7 Å². The van der Waals surface area contributed by atoms with E-state index in [9.17, 15) is 18.0 Å². The summed E-state index contributed by atoms with van der Waals surface area (Å²) in [6, 6.07) is 12.9. The van der Waals surface area contributed by atoms with Crippen LogP contribution in [-0.4, -0.2) is 44.7 Å². The van der Waals surface area contributed by atoms with Gasteiger partial charge in [0.05, 0.1) is 23.6 Å². The minimum Gasteiger partial charge on any atom is -0.493 e. The molecule has 0 bridgehead atoms. The Labute approximate surface area is 164 Å². The Kier molecular flexibility index (Phi) is 7.13. The Morgan fingerprint density at radius 1 is 1.04 bits per heavy atom. The number of likely N-dealkylation sites (N-methyl/N-ethyl adjacent to an activating group) is 1. The van der Waals surface area contributed by atoms with Gasteiger partial charge in [-0.05, 0) is 38.1 Å². The molecule has 9 heteroatoms. The third kappa shape index (κ3) is 5.30. The zero-order valence-corrected chi connectivity index (χ0v) is 16.7. The van der Waals surface area contributed by atoms with Crippen LogP contribution in [-0.2, 0) is 14.8 Å². The number of hydrogen-bond acceptors (Lipinski definition) is 5. The van der Waals surface area contributed by atoms with Crippen molar-refractivity contribution in [2.24, 2.45) is 0 Å². The van der Waals surface area contributed by atoms with E-state index in [1.165, 1.54) is 19.2 Å². The lowest BCUT2D eigenvalue weighted by molar-refractivity contribution is -0.121. The van der Waals surface area contributed by atoms with Crippen LogP contribution in [0, 0.1) is 6.92 Å². The first-order chi connectivity index (χ1) is 13.3. The van der Waals surface area contributed by atoms with Crippen molar-refractivity contribution in [3.8, 4) is 5.75 Å². The van der Waals surface area contributed by atoms with Crippen LogP contribution in [0.1, 0.15) is 22.8 Å². The number of para-hydroxylation sites is 1. The van der Waals surface area contributed by atoms with Crippen LogP contribution < -0.4 is 15.6 Å². The standard InChI is InChI=1S/C19H23N3O5S/c1-4-27-17-8-6-5-7-16(17)19(24)21-20-18(23)13-22(3)28(25,26)15-11-9-14(2)10-12-15/h5-12H,4,13H2,1-3H3,(H,20,23)(H,21,24). The van der Waals surface area contributed by atoms with Gasteiger partial charge in [0.1, 0.15) is 5.75 Å². The molecular weight excluding hydrogens is 382 g/mol. The second-order valence-corrected chi connectivity index (χ2v) is 8.05. The molecule has 2 N–H and O–H groups in total. The van der Waals surface area contributed by atoms with Crippen LogP contribution in [0.3, 0.4) is 0 Å². The monoisotopic (exact) mass is 405 g/mol. The topological polar surface area (TPSA) is 105 Å². The zero-order valence-electron chi connectivity index (χ0n) is 15.9. The molecule has 28 heavy (non-hydrogen) atoms. The quantitative estimate of drug-likeness (QED) is 0.679. The molecule has 0 aliphatic rings. The van der Waals surface area contributed by atoms with Gasteiger partial charge < -0.3 is 4.74 Å². The molecule has 0 saturated heterocycles. The Bertz CT molecular complexity index is 942. The lowest BCUT2D eigenvalue weighted by atomic mass is 10.2. The van der Waals surface area contributed by atoms with Crippen LogP contribution in [0.25, 0.3) is 0 Å². The first-order valence-corrected chi connectivity index (χ1v) is 10.0. The van der Waals surface area contributed by atoms with Gasteiger partial charge in [0.15, 0.2) is 0 Å². The van der Waals surface area contributed by atoms with Gasteiger partial charge in [-0.2, -0.15) is 4.31 Å². The molecule has 0 fully saturated rings. The predicted molar refractivity (Wildman–Crippen MR) is 104 cm³/mol. The van der Waals surface area contributed by atoms with Gasteiger partial charge in [0.25, 0.3) is 11.8 Å². The molecule has 0 heterocycles. The van der Waals surface area contributed by atoms with E-state index in [1.807, 2.05) is 6.92 Å². The van der Waals surface area contributed by atoms with Crippen molar-refractivity contribution in [1.29, 1.82) is 0 Å². The van der Waals surface area contributed by atoms with E-state index in [-0.39, 0.29) is 10.5 Å². The van der Waals surface area contributed by atoms with E-state index in [0.717, 1.165) is 9.87 Å². The summed E-state index contributed by atoms with van der Waals surface area (Å²) in [5.74, 6) is -0.863. The number of carbonyl (C=O) groups excluding carboxylic acids is 2. The van der Waals surface area contributed by atoms with Crippen LogP contribution in [0.4, 0.5) is 0 Å². The largest absolute Gasteiger partial charge is 0.493 e. The number of aryl methyl sites for hydroxylation is 1. The van der Waals surface area contributed by atoms with Crippen molar-refractivity contribution >= 4 is 21.8 Å². The summed E-state index contributed by atoms with van der Waals surface area (Å²) in [4.78, 5) is 24.4. The average molecular weight is 405 g/mol. The highest BCUT2D eigenvalue weighted by Crippen LogP contribution is 2.17. The summed E-state index contributed by atoms with van der Waals surface area (Å²) >= 11 is 0. The molecule has 150 valence electrons. The van der Waals surface area contributed by atoms with E-state index < -0.39 is 28.4 Å². The molecule has 8 nitrogen and oxygen atoms in total. The number of hydrogen-bond donors (Lipinski definition) is 2. The summed E-state index contributed by atoms with van der Waals surface area (Å²) in [5.41, 5.74) is 5.66. The zero-order chi connectivity index (χ0) is 20.7. The Morgan fingerprint density at radius 2 is 1.68 bits per heavy atom. The van der Waals surface area contributed by atoms with Crippen LogP contribution >= 0.6 is 0 Å². The molecule has 0 atom stereocenters. The van der Waals surface area contributed by atoms with Crippen molar-refractivity contribution in [3.05, 3.63) is 59.7 Å². The third-order valence-corrected chi connectivity index (χ3v) is 5.66. The van der Waals surface area contributed by atoms with Gasteiger partial charge in [0, 0.05) is 7.05 Å². The Morgan fingerprint density at radius 3 is 2.32 bits per heavy atom. The molecule has 0 aromatic heterocycles. The Balaban J connectivity index is 1.96. The number of nitrogens with one attached hydrogen (secondary N) is 2. The fourth-order valence-electron chi connectivity index (χ4n) is 2.35. The van der Waals surface area contributed by atoms with E-state index in [2.05, 4.69) is 10.9 Å². The number of sulfonamides is 1. The molecular formula is C19H23N3O5S. The number of hydrazine groups is 1. The van der Waals surface area contributed by atoms with Crippen molar-refractivity contribution in [1.82, 2.24) is 15.2 Å². The minimum absolute atomic E-state index is 0.0862. The Hall–Kier alpha value is -2.91. The molecule has 2 rings (SSSR count). The van der Waals surface area contributed by atoms with Crippen molar-refractivity contribution in [2.45, 2.75) is 18.7 Å². The van der Waals surface area contributed by atoms with Gasteiger partial charge in [-0.15, -0.1) is 0 Å². The predicted octanol–water partition coefficient (Wildman–Crippen LogP) is 1.48. The van der Waals surface area contributed by atoms with Crippen LogP contribution in [0.15, 0.2) is 53.4 Å². The van der Waals surface area contributed by atoms with E-state index in [4.69, 9.17) is 4.74 Å². The lowest BCUT2D eigenvalue weighted by Crippen LogP contribution is -2.46. The molecule has 2 amide bonds. The molecule has 0 aliphatic carbocycles. The first kappa shape index (κ1) is 21.4. The number of benzene rings is 2. The fourth-order valence-corrected chi connectivity index (χ4v) is 3.47. The fraction of sp³-hybridized carbons (Fsp3) is 0.263. The molecule has 0 radical (unpaired) electrons. The van der Waals surface area contributed by atoms with Gasteiger partial charge in [-0.25, -0.2) is 8.42 Å². The maximum absolute atomic E-state index is 12.5. The molecule has 0 spiro atoms. The molecule has 2 aromatic carbocycles. The van der Waals surface area contributed by atoms with Crippen LogP contribution in [0.5, 0.6) is 5.75 Å². The number of nitrogens with zero attached hydrogens (tertiary/aromatic N) is 1. The smallest absolute Gasteiger partial charge is 0.273 e. The molecule has 0 saturated carbocycles. The average Bonchev–Trinajstić information content (AvgIpc) is 2.67. The SMILES string of the molecule is CCOc1ccccc1C(=O)NNC(=O)CN(C)S(=O)(=O)c1ccc(C)cc1. The van der Waals surface area contributed by atoms with E-state index in [1.54, 1.807) is 43.3 Å². The summed E-state index contributed by atoms with van der Waals surface area (Å²) < 4.78 is 31.3.